The fourth-order valence-corrected chi connectivity index (χ4v) is 4.58. The van der Waals surface area contributed by atoms with Crippen LogP contribution in [0.1, 0.15) is 45.4 Å². The van der Waals surface area contributed by atoms with Crippen molar-refractivity contribution in [2.45, 2.75) is 45.4 Å². The van der Waals surface area contributed by atoms with Gasteiger partial charge in [0.1, 0.15) is 0 Å². The molecular formula is C16H22O2. The number of rotatable bonds is 4. The zero-order valence-corrected chi connectivity index (χ0v) is 11.1. The van der Waals surface area contributed by atoms with Gasteiger partial charge >= 0.3 is 5.97 Å². The SMILES string of the molecule is CCCC[C@@H]1C=CC23CC=CCC2(C1)[C@H]3C(=O)O. The molecule has 98 valence electrons. The van der Waals surface area contributed by atoms with Crippen LogP contribution in [-0.2, 0) is 4.79 Å². The van der Waals surface area contributed by atoms with Gasteiger partial charge in [0.05, 0.1) is 5.92 Å². The van der Waals surface area contributed by atoms with Gasteiger partial charge < -0.3 is 5.11 Å². The highest BCUT2D eigenvalue weighted by Gasteiger charge is 2.78. The molecule has 3 aliphatic carbocycles. The molecule has 0 aromatic heterocycles. The van der Waals surface area contributed by atoms with E-state index in [0.29, 0.717) is 5.92 Å². The number of carbonyl (C=O) groups is 1. The third-order valence-corrected chi connectivity index (χ3v) is 5.48. The van der Waals surface area contributed by atoms with Crippen molar-refractivity contribution in [3.05, 3.63) is 24.3 Å². The van der Waals surface area contributed by atoms with Crippen LogP contribution >= 0.6 is 0 Å². The monoisotopic (exact) mass is 246 g/mol. The van der Waals surface area contributed by atoms with Gasteiger partial charge in [0.25, 0.3) is 0 Å². The first-order valence-electron chi connectivity index (χ1n) is 7.23. The van der Waals surface area contributed by atoms with Crippen molar-refractivity contribution < 1.29 is 9.90 Å². The number of aliphatic carboxylic acids is 1. The molecule has 0 amide bonds. The largest absolute Gasteiger partial charge is 0.481 e. The highest BCUT2D eigenvalue weighted by atomic mass is 16.4. The van der Waals surface area contributed by atoms with Gasteiger partial charge in [0, 0.05) is 5.41 Å². The van der Waals surface area contributed by atoms with E-state index in [-0.39, 0.29) is 16.7 Å². The lowest BCUT2D eigenvalue weighted by Gasteiger charge is -2.31. The number of hydrogen-bond acceptors (Lipinski definition) is 1. The van der Waals surface area contributed by atoms with Gasteiger partial charge in [-0.1, -0.05) is 44.1 Å². The molecule has 2 nitrogen and oxygen atoms in total. The summed E-state index contributed by atoms with van der Waals surface area (Å²) in [6.45, 7) is 2.22. The maximum Gasteiger partial charge on any atom is 0.308 e. The molecule has 0 aromatic rings. The van der Waals surface area contributed by atoms with E-state index in [0.717, 1.165) is 19.3 Å². The normalized spacial score (nSPS) is 44.3. The fourth-order valence-electron chi connectivity index (χ4n) is 4.58. The van der Waals surface area contributed by atoms with Crippen LogP contribution in [0.25, 0.3) is 0 Å². The second kappa shape index (κ2) is 3.97. The summed E-state index contributed by atoms with van der Waals surface area (Å²) >= 11 is 0. The van der Waals surface area contributed by atoms with Crippen molar-refractivity contribution in [3.63, 3.8) is 0 Å². The molecule has 0 aromatic carbocycles. The molecule has 18 heavy (non-hydrogen) atoms. The predicted octanol–water partition coefficient (Wildman–Crippen LogP) is 3.79. The highest BCUT2D eigenvalue weighted by Crippen LogP contribution is 2.79. The Labute approximate surface area is 109 Å². The summed E-state index contributed by atoms with van der Waals surface area (Å²) in [6.07, 6.45) is 15.7. The second-order valence-electron chi connectivity index (χ2n) is 6.31. The van der Waals surface area contributed by atoms with Crippen LogP contribution in [0.5, 0.6) is 0 Å². The van der Waals surface area contributed by atoms with E-state index in [1.54, 1.807) is 0 Å². The molecule has 0 radical (unpaired) electrons. The van der Waals surface area contributed by atoms with Crippen LogP contribution in [0, 0.1) is 22.7 Å². The Morgan fingerprint density at radius 1 is 1.39 bits per heavy atom. The van der Waals surface area contributed by atoms with E-state index in [1.165, 1.54) is 19.3 Å². The summed E-state index contributed by atoms with van der Waals surface area (Å²) in [5, 5.41) is 9.51. The zero-order valence-electron chi connectivity index (χ0n) is 11.1. The molecule has 0 aliphatic heterocycles. The van der Waals surface area contributed by atoms with Gasteiger partial charge in [-0.05, 0) is 37.0 Å². The third-order valence-electron chi connectivity index (χ3n) is 5.48. The number of allylic oxidation sites excluding steroid dienone is 4. The molecule has 2 heteroatoms. The van der Waals surface area contributed by atoms with E-state index in [4.69, 9.17) is 0 Å². The van der Waals surface area contributed by atoms with Gasteiger partial charge in [-0.15, -0.1) is 0 Å². The Hall–Kier alpha value is -1.05. The summed E-state index contributed by atoms with van der Waals surface area (Å²) in [5.41, 5.74) is 0.0248. The second-order valence-corrected chi connectivity index (χ2v) is 6.31. The molecular weight excluding hydrogens is 224 g/mol. The van der Waals surface area contributed by atoms with E-state index in [9.17, 15) is 9.90 Å². The minimum absolute atomic E-state index is 0.0315. The smallest absolute Gasteiger partial charge is 0.308 e. The first-order chi connectivity index (χ1) is 8.66. The van der Waals surface area contributed by atoms with Gasteiger partial charge in [-0.3, -0.25) is 4.79 Å². The van der Waals surface area contributed by atoms with Crippen molar-refractivity contribution in [1.29, 1.82) is 0 Å². The van der Waals surface area contributed by atoms with E-state index in [1.807, 2.05) is 0 Å². The molecule has 0 spiro atoms. The van der Waals surface area contributed by atoms with Gasteiger partial charge in [0.15, 0.2) is 0 Å². The molecule has 1 saturated carbocycles. The van der Waals surface area contributed by atoms with E-state index < -0.39 is 5.97 Å². The lowest BCUT2D eigenvalue weighted by molar-refractivity contribution is -0.139. The topological polar surface area (TPSA) is 37.3 Å². The van der Waals surface area contributed by atoms with Crippen molar-refractivity contribution >= 4 is 5.97 Å². The summed E-state index contributed by atoms with van der Waals surface area (Å²) in [6, 6.07) is 0. The Kier molecular flexibility index (Phi) is 2.65. The number of carboxylic acid groups (broad SMARTS) is 1. The first-order valence-corrected chi connectivity index (χ1v) is 7.23. The number of carboxylic acids is 1. The molecule has 3 aliphatic rings. The lowest BCUT2D eigenvalue weighted by atomic mass is 9.72. The van der Waals surface area contributed by atoms with Crippen LogP contribution in [-0.4, -0.2) is 11.1 Å². The zero-order chi connectivity index (χ0) is 12.8. The Bertz CT molecular complexity index is 423. The molecule has 0 saturated heterocycles. The maximum absolute atomic E-state index is 11.5. The van der Waals surface area contributed by atoms with Crippen molar-refractivity contribution in [1.82, 2.24) is 0 Å². The maximum atomic E-state index is 11.5. The molecule has 3 rings (SSSR count). The van der Waals surface area contributed by atoms with Gasteiger partial charge in [-0.2, -0.15) is 0 Å². The predicted molar refractivity (Wildman–Crippen MR) is 71.1 cm³/mol. The van der Waals surface area contributed by atoms with Crippen LogP contribution < -0.4 is 0 Å². The molecule has 0 bridgehead atoms. The van der Waals surface area contributed by atoms with Crippen molar-refractivity contribution in [3.8, 4) is 0 Å². The van der Waals surface area contributed by atoms with Crippen molar-refractivity contribution in [2.24, 2.45) is 22.7 Å². The van der Waals surface area contributed by atoms with Gasteiger partial charge in [-0.25, -0.2) is 0 Å². The molecule has 1 fully saturated rings. The van der Waals surface area contributed by atoms with E-state index >= 15 is 0 Å². The quantitative estimate of drug-likeness (QED) is 0.766. The minimum atomic E-state index is -0.584. The highest BCUT2D eigenvalue weighted by molar-refractivity contribution is 5.79. The average molecular weight is 246 g/mol. The van der Waals surface area contributed by atoms with Gasteiger partial charge in [0.2, 0.25) is 0 Å². The van der Waals surface area contributed by atoms with Crippen molar-refractivity contribution in [2.75, 3.05) is 0 Å². The van der Waals surface area contributed by atoms with Crippen LogP contribution in [0.3, 0.4) is 0 Å². The van der Waals surface area contributed by atoms with Crippen LogP contribution in [0.15, 0.2) is 24.3 Å². The minimum Gasteiger partial charge on any atom is -0.481 e. The third kappa shape index (κ3) is 1.38. The van der Waals surface area contributed by atoms with E-state index in [2.05, 4.69) is 31.2 Å². The summed E-state index contributed by atoms with van der Waals surface area (Å²) in [5.74, 6) is -0.115. The molecule has 4 atom stereocenters. The standard InChI is InChI=1S/C16H22O2/c1-2-3-6-12-7-10-15-8-4-5-9-16(15,11-12)13(15)14(17)18/h4-5,7,10,12-13H,2-3,6,8-9,11H2,1H3,(H,17,18)/t12-,13+,15?,16?/m1/s1. The fraction of sp³-hybridized carbons (Fsp3) is 0.688. The average Bonchev–Trinajstić information content (AvgIpc) is 2.99. The Morgan fingerprint density at radius 2 is 2.17 bits per heavy atom. The Balaban J connectivity index is 1.85. The Morgan fingerprint density at radius 3 is 2.89 bits per heavy atom. The molecule has 0 heterocycles. The number of hydrogen-bond donors (Lipinski definition) is 1. The first kappa shape index (κ1) is 12.0. The summed E-state index contributed by atoms with van der Waals surface area (Å²) in [4.78, 5) is 11.5. The van der Waals surface area contributed by atoms with Crippen LogP contribution in [0.4, 0.5) is 0 Å². The van der Waals surface area contributed by atoms with Crippen LogP contribution in [0.2, 0.25) is 0 Å². The lowest BCUT2D eigenvalue weighted by Crippen LogP contribution is -2.22. The number of unbranched alkanes of at least 4 members (excludes halogenated alkanes) is 1. The molecule has 1 N–H and O–H groups in total. The summed E-state index contributed by atoms with van der Waals surface area (Å²) < 4.78 is 0. The summed E-state index contributed by atoms with van der Waals surface area (Å²) in [7, 11) is 0. The molecule has 2 unspecified atom stereocenters.